The first-order chi connectivity index (χ1) is 15.4. The number of carbonyl (C=O) groups is 1. The van der Waals surface area contributed by atoms with Gasteiger partial charge in [-0.1, -0.05) is 13.3 Å². The van der Waals surface area contributed by atoms with E-state index < -0.39 is 5.97 Å². The average molecular weight is 438 g/mol. The van der Waals surface area contributed by atoms with E-state index in [0.29, 0.717) is 40.6 Å². The van der Waals surface area contributed by atoms with Crippen molar-refractivity contribution in [1.82, 2.24) is 9.38 Å². The molecule has 2 aromatic heterocycles. The van der Waals surface area contributed by atoms with Gasteiger partial charge in [0.1, 0.15) is 11.4 Å². The van der Waals surface area contributed by atoms with Gasteiger partial charge in [-0.05, 0) is 43.2 Å². The molecule has 0 atom stereocenters. The number of unbranched alkanes of at least 4 members (excludes halogenated alkanes) is 1. The summed E-state index contributed by atoms with van der Waals surface area (Å²) in [5, 5.41) is 9.26. The second kappa shape index (κ2) is 10.00. The van der Waals surface area contributed by atoms with E-state index in [0.717, 1.165) is 18.4 Å². The average Bonchev–Trinajstić information content (AvgIpc) is 2.81. The number of nitrogens with zero attached hydrogens (tertiary/aromatic N) is 2. The largest absolute Gasteiger partial charge is 0.496 e. The molecule has 3 aromatic rings. The van der Waals surface area contributed by atoms with Crippen molar-refractivity contribution in [2.45, 2.75) is 26.2 Å². The van der Waals surface area contributed by atoms with Crippen molar-refractivity contribution in [2.24, 2.45) is 0 Å². The lowest BCUT2D eigenvalue weighted by Gasteiger charge is -2.12. The third kappa shape index (κ3) is 4.59. The highest BCUT2D eigenvalue weighted by Crippen LogP contribution is 2.35. The Morgan fingerprint density at radius 1 is 1.06 bits per heavy atom. The van der Waals surface area contributed by atoms with Gasteiger partial charge in [0.2, 0.25) is 0 Å². The number of benzene rings is 1. The van der Waals surface area contributed by atoms with Crippen molar-refractivity contribution in [2.75, 3.05) is 21.3 Å². The molecule has 8 nitrogen and oxygen atoms in total. The van der Waals surface area contributed by atoms with Gasteiger partial charge in [0, 0.05) is 23.4 Å². The fourth-order valence-electron chi connectivity index (χ4n) is 3.40. The van der Waals surface area contributed by atoms with Crippen LogP contribution in [0.5, 0.6) is 17.2 Å². The van der Waals surface area contributed by atoms with Gasteiger partial charge in [0.15, 0.2) is 11.5 Å². The molecule has 0 amide bonds. The molecular formula is C24H26N2O6. The Kier molecular flexibility index (Phi) is 7.14. The minimum Gasteiger partial charge on any atom is -0.496 e. The SMILES string of the molecule is CCCCc1c(C=Cc2cc(OC)c(OC)cc2OC)nc2ccc(C(=O)O)cn2c1=O. The zero-order chi connectivity index (χ0) is 23.3. The molecule has 32 heavy (non-hydrogen) atoms. The Morgan fingerprint density at radius 2 is 1.75 bits per heavy atom. The van der Waals surface area contributed by atoms with Crippen molar-refractivity contribution in [3.63, 3.8) is 0 Å². The van der Waals surface area contributed by atoms with Gasteiger partial charge in [-0.25, -0.2) is 9.78 Å². The van der Waals surface area contributed by atoms with E-state index in [-0.39, 0.29) is 11.1 Å². The van der Waals surface area contributed by atoms with Crippen LogP contribution in [0.2, 0.25) is 0 Å². The lowest BCUT2D eigenvalue weighted by atomic mass is 10.1. The van der Waals surface area contributed by atoms with Crippen LogP contribution >= 0.6 is 0 Å². The second-order valence-corrected chi connectivity index (χ2v) is 7.12. The summed E-state index contributed by atoms with van der Waals surface area (Å²) < 4.78 is 17.5. The van der Waals surface area contributed by atoms with Crippen LogP contribution in [0.4, 0.5) is 0 Å². The van der Waals surface area contributed by atoms with E-state index in [4.69, 9.17) is 14.2 Å². The molecule has 0 saturated carbocycles. The second-order valence-electron chi connectivity index (χ2n) is 7.12. The van der Waals surface area contributed by atoms with Gasteiger partial charge < -0.3 is 19.3 Å². The van der Waals surface area contributed by atoms with Gasteiger partial charge >= 0.3 is 5.97 Å². The third-order valence-electron chi connectivity index (χ3n) is 5.13. The van der Waals surface area contributed by atoms with Crippen LogP contribution in [0.1, 0.15) is 46.9 Å². The Balaban J connectivity index is 2.15. The fourth-order valence-corrected chi connectivity index (χ4v) is 3.40. The van der Waals surface area contributed by atoms with E-state index in [1.54, 1.807) is 45.6 Å². The molecule has 0 saturated heterocycles. The lowest BCUT2D eigenvalue weighted by molar-refractivity contribution is 0.0696. The van der Waals surface area contributed by atoms with Crippen LogP contribution in [-0.4, -0.2) is 41.8 Å². The third-order valence-corrected chi connectivity index (χ3v) is 5.13. The van der Waals surface area contributed by atoms with E-state index >= 15 is 0 Å². The maximum absolute atomic E-state index is 13.2. The maximum Gasteiger partial charge on any atom is 0.337 e. The Morgan fingerprint density at radius 3 is 2.38 bits per heavy atom. The maximum atomic E-state index is 13.2. The number of hydrogen-bond donors (Lipinski definition) is 1. The van der Waals surface area contributed by atoms with Crippen molar-refractivity contribution in [3.8, 4) is 17.2 Å². The van der Waals surface area contributed by atoms with E-state index in [2.05, 4.69) is 4.98 Å². The molecule has 8 heteroatoms. The number of methoxy groups -OCH3 is 3. The molecule has 0 radical (unpaired) electrons. The smallest absolute Gasteiger partial charge is 0.337 e. The highest BCUT2D eigenvalue weighted by molar-refractivity contribution is 5.87. The Labute approximate surface area is 185 Å². The number of rotatable bonds is 9. The zero-order valence-corrected chi connectivity index (χ0v) is 18.5. The minimum atomic E-state index is -1.10. The molecule has 168 valence electrons. The number of carboxylic acids is 1. The monoisotopic (exact) mass is 438 g/mol. The van der Waals surface area contributed by atoms with E-state index in [1.165, 1.54) is 22.7 Å². The first-order valence-electron chi connectivity index (χ1n) is 10.2. The van der Waals surface area contributed by atoms with Crippen LogP contribution < -0.4 is 19.8 Å². The van der Waals surface area contributed by atoms with E-state index in [9.17, 15) is 14.7 Å². The lowest BCUT2D eigenvalue weighted by Crippen LogP contribution is -2.22. The number of aromatic nitrogens is 2. The van der Waals surface area contributed by atoms with Crippen LogP contribution in [0.25, 0.3) is 17.8 Å². The van der Waals surface area contributed by atoms with Crippen LogP contribution in [-0.2, 0) is 6.42 Å². The Bertz CT molecular complexity index is 1230. The molecule has 1 N–H and O–H groups in total. The number of aromatic carboxylic acids is 1. The molecule has 0 aliphatic carbocycles. The first kappa shape index (κ1) is 22.9. The predicted molar refractivity (Wildman–Crippen MR) is 122 cm³/mol. The quantitative estimate of drug-likeness (QED) is 0.540. The molecule has 3 rings (SSSR count). The van der Waals surface area contributed by atoms with Gasteiger partial charge in [0.05, 0.1) is 32.6 Å². The molecule has 0 bridgehead atoms. The zero-order valence-electron chi connectivity index (χ0n) is 18.5. The van der Waals surface area contributed by atoms with Crippen molar-refractivity contribution in [3.05, 3.63) is 63.2 Å². The summed E-state index contributed by atoms with van der Waals surface area (Å²) in [6.45, 7) is 2.04. The van der Waals surface area contributed by atoms with E-state index in [1.807, 2.05) is 6.92 Å². The molecule has 1 aromatic carbocycles. The number of hydrogen-bond acceptors (Lipinski definition) is 6. The number of fused-ring (bicyclic) bond motifs is 1. The van der Waals surface area contributed by atoms with Gasteiger partial charge in [-0.15, -0.1) is 0 Å². The fraction of sp³-hybridized carbons (Fsp3) is 0.292. The van der Waals surface area contributed by atoms with Crippen molar-refractivity contribution >= 4 is 23.8 Å². The molecule has 0 aliphatic heterocycles. The standard InChI is InChI=1S/C24H26N2O6/c1-5-6-7-17-18(25-22-11-9-16(24(28)29)14-26(22)23(17)27)10-8-15-12-20(31-3)21(32-4)13-19(15)30-2/h8-14H,5-7H2,1-4H3,(H,28,29). The van der Waals surface area contributed by atoms with Crippen LogP contribution in [0, 0.1) is 0 Å². The molecule has 0 unspecified atom stereocenters. The topological polar surface area (TPSA) is 99.4 Å². The summed E-state index contributed by atoms with van der Waals surface area (Å²) in [4.78, 5) is 29.1. The summed E-state index contributed by atoms with van der Waals surface area (Å²) >= 11 is 0. The van der Waals surface area contributed by atoms with Gasteiger partial charge in [0.25, 0.3) is 5.56 Å². The summed E-state index contributed by atoms with van der Waals surface area (Å²) in [6, 6.07) is 6.48. The normalized spacial score (nSPS) is 11.1. The highest BCUT2D eigenvalue weighted by Gasteiger charge is 2.14. The Hall–Kier alpha value is -3.81. The summed E-state index contributed by atoms with van der Waals surface area (Å²) in [7, 11) is 4.67. The predicted octanol–water partition coefficient (Wildman–Crippen LogP) is 3.93. The van der Waals surface area contributed by atoms with Crippen molar-refractivity contribution < 1.29 is 24.1 Å². The molecular weight excluding hydrogens is 412 g/mol. The first-order valence-corrected chi connectivity index (χ1v) is 10.2. The summed E-state index contributed by atoms with van der Waals surface area (Å²) in [6.07, 6.45) is 7.13. The van der Waals surface area contributed by atoms with Gasteiger partial charge in [-0.2, -0.15) is 0 Å². The summed E-state index contributed by atoms with van der Waals surface area (Å²) in [5.74, 6) is 0.574. The van der Waals surface area contributed by atoms with Crippen LogP contribution in [0.15, 0.2) is 35.3 Å². The van der Waals surface area contributed by atoms with Crippen LogP contribution in [0.3, 0.4) is 0 Å². The molecule has 2 heterocycles. The van der Waals surface area contributed by atoms with Gasteiger partial charge in [-0.3, -0.25) is 9.20 Å². The minimum absolute atomic E-state index is 0.0289. The molecule has 0 spiro atoms. The number of pyridine rings is 1. The molecule has 0 aliphatic rings. The highest BCUT2D eigenvalue weighted by atomic mass is 16.5. The van der Waals surface area contributed by atoms with Crippen molar-refractivity contribution in [1.29, 1.82) is 0 Å². The summed E-state index contributed by atoms with van der Waals surface area (Å²) in [5.41, 5.74) is 1.92. The molecule has 0 fully saturated rings. The number of ether oxygens (including phenoxy) is 3. The number of carboxylic acid groups (broad SMARTS) is 1.